The number of nitrogens with one attached hydrogen (secondary N) is 2. The van der Waals surface area contributed by atoms with E-state index in [1.165, 1.54) is 0 Å². The maximum atomic E-state index is 13.4. The first kappa shape index (κ1) is 25.0. The Morgan fingerprint density at radius 1 is 1.00 bits per heavy atom. The topological polar surface area (TPSA) is 83.8 Å². The zero-order valence-corrected chi connectivity index (χ0v) is 20.5. The third kappa shape index (κ3) is 6.94. The van der Waals surface area contributed by atoms with E-state index in [0.29, 0.717) is 36.8 Å². The van der Waals surface area contributed by atoms with Crippen molar-refractivity contribution in [3.8, 4) is 0 Å². The van der Waals surface area contributed by atoms with Gasteiger partial charge in [-0.05, 0) is 48.9 Å². The number of amides is 2. The van der Waals surface area contributed by atoms with Gasteiger partial charge in [-0.1, -0.05) is 41.9 Å². The van der Waals surface area contributed by atoms with Crippen LogP contribution in [-0.4, -0.2) is 55.6 Å². The standard InChI is InChI=1S/C27H30ClN3O4/c1-19-7-12-25(35-19)24(31-13-15-34-16-14-31)18-29-27(33)23(17-20-5-3-2-4-6-20)30-26(32)21-8-10-22(28)11-9-21/h2-12,23-24H,13-18H2,1H3,(H,29,33)(H,30,32). The molecule has 35 heavy (non-hydrogen) atoms. The number of hydrogen-bond acceptors (Lipinski definition) is 5. The second-order valence-electron chi connectivity index (χ2n) is 8.58. The number of carbonyl (C=O) groups is 2. The molecule has 1 aliphatic heterocycles. The third-order valence-electron chi connectivity index (χ3n) is 6.06. The Balaban J connectivity index is 1.48. The van der Waals surface area contributed by atoms with Crippen molar-refractivity contribution >= 4 is 23.4 Å². The largest absolute Gasteiger partial charge is 0.465 e. The smallest absolute Gasteiger partial charge is 0.251 e. The summed E-state index contributed by atoms with van der Waals surface area (Å²) >= 11 is 5.95. The molecule has 2 atom stereocenters. The van der Waals surface area contributed by atoms with Crippen LogP contribution >= 0.6 is 11.6 Å². The van der Waals surface area contributed by atoms with Crippen LogP contribution in [0.25, 0.3) is 0 Å². The van der Waals surface area contributed by atoms with Crippen molar-refractivity contribution in [1.82, 2.24) is 15.5 Å². The fourth-order valence-electron chi connectivity index (χ4n) is 4.15. The molecule has 0 spiro atoms. The van der Waals surface area contributed by atoms with Crippen LogP contribution in [-0.2, 0) is 16.0 Å². The van der Waals surface area contributed by atoms with Gasteiger partial charge in [0.25, 0.3) is 5.91 Å². The highest BCUT2D eigenvalue weighted by atomic mass is 35.5. The molecule has 184 valence electrons. The molecule has 4 rings (SSSR count). The second kappa shape index (κ2) is 12.0. The Morgan fingerprint density at radius 2 is 1.71 bits per heavy atom. The molecule has 2 heterocycles. The predicted octanol–water partition coefficient (Wildman–Crippen LogP) is 3.77. The summed E-state index contributed by atoms with van der Waals surface area (Å²) in [5, 5.41) is 6.50. The van der Waals surface area contributed by atoms with E-state index in [9.17, 15) is 9.59 Å². The van der Waals surface area contributed by atoms with E-state index in [0.717, 1.165) is 30.2 Å². The molecule has 1 saturated heterocycles. The first-order valence-corrected chi connectivity index (χ1v) is 12.1. The first-order valence-electron chi connectivity index (χ1n) is 11.8. The van der Waals surface area contributed by atoms with Gasteiger partial charge in [0, 0.05) is 36.6 Å². The molecule has 1 fully saturated rings. The van der Waals surface area contributed by atoms with Crippen LogP contribution in [0.2, 0.25) is 5.02 Å². The van der Waals surface area contributed by atoms with Gasteiger partial charge >= 0.3 is 0 Å². The molecule has 0 bridgehead atoms. The molecular formula is C27H30ClN3O4. The molecule has 0 saturated carbocycles. The predicted molar refractivity (Wildman–Crippen MR) is 134 cm³/mol. The SMILES string of the molecule is Cc1ccc(C(CNC(=O)C(Cc2ccccc2)NC(=O)c2ccc(Cl)cc2)N2CCOCC2)o1. The molecule has 1 aromatic heterocycles. The van der Waals surface area contributed by atoms with E-state index in [4.69, 9.17) is 20.8 Å². The van der Waals surface area contributed by atoms with Crippen molar-refractivity contribution in [3.63, 3.8) is 0 Å². The number of halogens is 1. The fourth-order valence-corrected chi connectivity index (χ4v) is 4.28. The van der Waals surface area contributed by atoms with Crippen LogP contribution in [0.4, 0.5) is 0 Å². The maximum Gasteiger partial charge on any atom is 0.251 e. The Bertz CT molecular complexity index is 1110. The van der Waals surface area contributed by atoms with Gasteiger partial charge in [0.1, 0.15) is 17.6 Å². The normalized spacial score (nSPS) is 15.8. The van der Waals surface area contributed by atoms with E-state index >= 15 is 0 Å². The number of nitrogens with zero attached hydrogens (tertiary/aromatic N) is 1. The van der Waals surface area contributed by atoms with Gasteiger partial charge in [0.2, 0.25) is 5.91 Å². The van der Waals surface area contributed by atoms with Crippen molar-refractivity contribution in [2.45, 2.75) is 25.4 Å². The molecule has 0 radical (unpaired) electrons. The van der Waals surface area contributed by atoms with E-state index in [-0.39, 0.29) is 17.9 Å². The molecule has 3 aromatic rings. The highest BCUT2D eigenvalue weighted by molar-refractivity contribution is 6.30. The van der Waals surface area contributed by atoms with Gasteiger partial charge < -0.3 is 19.8 Å². The average Bonchev–Trinajstić information content (AvgIpc) is 3.31. The monoisotopic (exact) mass is 495 g/mol. The van der Waals surface area contributed by atoms with Crippen molar-refractivity contribution in [1.29, 1.82) is 0 Å². The van der Waals surface area contributed by atoms with E-state index < -0.39 is 6.04 Å². The molecular weight excluding hydrogens is 466 g/mol. The van der Waals surface area contributed by atoms with Crippen LogP contribution in [0.15, 0.2) is 71.1 Å². The summed E-state index contributed by atoms with van der Waals surface area (Å²) in [4.78, 5) is 28.5. The lowest BCUT2D eigenvalue weighted by atomic mass is 10.0. The third-order valence-corrected chi connectivity index (χ3v) is 6.31. The molecule has 2 N–H and O–H groups in total. The van der Waals surface area contributed by atoms with Gasteiger partial charge in [-0.15, -0.1) is 0 Å². The summed E-state index contributed by atoms with van der Waals surface area (Å²) in [6, 6.07) is 19.2. The van der Waals surface area contributed by atoms with E-state index in [1.807, 2.05) is 49.4 Å². The number of aryl methyl sites for hydroxylation is 1. The molecule has 1 aliphatic rings. The van der Waals surface area contributed by atoms with Crippen molar-refractivity contribution in [3.05, 3.63) is 94.4 Å². The fraction of sp³-hybridized carbons (Fsp3) is 0.333. The first-order chi connectivity index (χ1) is 17.0. The van der Waals surface area contributed by atoms with Crippen LogP contribution in [0, 0.1) is 6.92 Å². The number of benzene rings is 2. The lowest BCUT2D eigenvalue weighted by Crippen LogP contribution is -2.50. The maximum absolute atomic E-state index is 13.4. The van der Waals surface area contributed by atoms with E-state index in [2.05, 4.69) is 15.5 Å². The molecule has 0 aliphatic carbocycles. The van der Waals surface area contributed by atoms with Crippen molar-refractivity contribution in [2.24, 2.45) is 0 Å². The summed E-state index contributed by atoms with van der Waals surface area (Å²) in [6.45, 7) is 5.03. The van der Waals surface area contributed by atoms with Crippen LogP contribution in [0.3, 0.4) is 0 Å². The van der Waals surface area contributed by atoms with Crippen LogP contribution in [0.1, 0.15) is 33.5 Å². The van der Waals surface area contributed by atoms with Crippen molar-refractivity contribution in [2.75, 3.05) is 32.8 Å². The highest BCUT2D eigenvalue weighted by Crippen LogP contribution is 2.23. The molecule has 8 heteroatoms. The Labute approximate surface area is 210 Å². The summed E-state index contributed by atoms with van der Waals surface area (Å²) in [5.74, 6) is 1.04. The summed E-state index contributed by atoms with van der Waals surface area (Å²) in [7, 11) is 0. The van der Waals surface area contributed by atoms with E-state index in [1.54, 1.807) is 24.3 Å². The molecule has 2 amide bonds. The minimum atomic E-state index is -0.746. The Hall–Kier alpha value is -3.13. The molecule has 7 nitrogen and oxygen atoms in total. The van der Waals surface area contributed by atoms with Gasteiger partial charge in [-0.2, -0.15) is 0 Å². The van der Waals surface area contributed by atoms with Gasteiger partial charge in [0.15, 0.2) is 0 Å². The average molecular weight is 496 g/mol. The number of furan rings is 1. The Kier molecular flexibility index (Phi) is 8.58. The zero-order chi connectivity index (χ0) is 24.6. The molecule has 2 unspecified atom stereocenters. The van der Waals surface area contributed by atoms with Crippen molar-refractivity contribution < 1.29 is 18.7 Å². The summed E-state index contributed by atoms with van der Waals surface area (Å²) < 4.78 is 11.4. The number of ether oxygens (including phenoxy) is 1. The lowest BCUT2D eigenvalue weighted by molar-refractivity contribution is -0.123. The quantitative estimate of drug-likeness (QED) is 0.472. The minimum absolute atomic E-state index is 0.124. The van der Waals surface area contributed by atoms with Gasteiger partial charge in [-0.3, -0.25) is 14.5 Å². The van der Waals surface area contributed by atoms with Crippen LogP contribution < -0.4 is 10.6 Å². The lowest BCUT2D eigenvalue weighted by Gasteiger charge is -2.33. The second-order valence-corrected chi connectivity index (χ2v) is 9.02. The van der Waals surface area contributed by atoms with Gasteiger partial charge in [-0.25, -0.2) is 0 Å². The summed E-state index contributed by atoms with van der Waals surface area (Å²) in [5.41, 5.74) is 1.40. The number of carbonyl (C=O) groups excluding carboxylic acids is 2. The highest BCUT2D eigenvalue weighted by Gasteiger charge is 2.28. The Morgan fingerprint density at radius 3 is 2.37 bits per heavy atom. The molecule has 2 aromatic carbocycles. The number of hydrogen-bond donors (Lipinski definition) is 2. The minimum Gasteiger partial charge on any atom is -0.465 e. The summed E-state index contributed by atoms with van der Waals surface area (Å²) in [6.07, 6.45) is 0.369. The number of morpholine rings is 1. The van der Waals surface area contributed by atoms with Crippen LogP contribution in [0.5, 0.6) is 0 Å². The number of rotatable bonds is 9. The van der Waals surface area contributed by atoms with Gasteiger partial charge in [0.05, 0.1) is 19.3 Å². The zero-order valence-electron chi connectivity index (χ0n) is 19.7.